The van der Waals surface area contributed by atoms with Crippen molar-refractivity contribution in [2.45, 2.75) is 26.4 Å². The quantitative estimate of drug-likeness (QED) is 0.346. The van der Waals surface area contributed by atoms with Gasteiger partial charge in [0.05, 0.1) is 31.5 Å². The Labute approximate surface area is 219 Å². The van der Waals surface area contributed by atoms with E-state index in [0.717, 1.165) is 23.0 Å². The molecule has 4 rings (SSSR count). The van der Waals surface area contributed by atoms with E-state index in [1.165, 1.54) is 12.1 Å². The number of methoxy groups -OCH3 is 2. The molecule has 0 aliphatic carbocycles. The molecule has 2 aromatic carbocycles. The summed E-state index contributed by atoms with van der Waals surface area (Å²) >= 11 is 0. The lowest BCUT2D eigenvalue weighted by Gasteiger charge is -2.17. The van der Waals surface area contributed by atoms with E-state index in [9.17, 15) is 14.0 Å². The molecule has 0 saturated carbocycles. The van der Waals surface area contributed by atoms with Crippen LogP contribution in [-0.2, 0) is 6.54 Å². The second kappa shape index (κ2) is 11.1. The molecule has 0 spiro atoms. The standard InChI is InChI=1S/C28H28FN5O4/c1-16(20-11-21(37-3)14-22(12-20)38-4)32-28(36)26-10-18(15-34-8-7-31-17(34)2)9-25(33-26)19-5-6-24(29)23(13-19)27(30)35/h5-14,16H,15H2,1-4H3,(H2,30,35)(H,32,36). The fourth-order valence-electron chi connectivity index (χ4n) is 4.02. The molecular formula is C28H28FN5O4. The molecule has 0 aliphatic rings. The molecule has 196 valence electrons. The number of halogens is 1. The zero-order chi connectivity index (χ0) is 27.4. The van der Waals surface area contributed by atoms with Gasteiger partial charge in [-0.2, -0.15) is 0 Å². The van der Waals surface area contributed by atoms with Crippen molar-refractivity contribution in [3.8, 4) is 22.8 Å². The van der Waals surface area contributed by atoms with E-state index >= 15 is 0 Å². The Bertz CT molecular complexity index is 1480. The molecule has 38 heavy (non-hydrogen) atoms. The first kappa shape index (κ1) is 26.3. The number of imidazole rings is 1. The van der Waals surface area contributed by atoms with Crippen molar-refractivity contribution < 1.29 is 23.5 Å². The van der Waals surface area contributed by atoms with Crippen LogP contribution in [0, 0.1) is 12.7 Å². The van der Waals surface area contributed by atoms with Gasteiger partial charge in [0.1, 0.15) is 28.8 Å². The van der Waals surface area contributed by atoms with E-state index in [1.807, 2.05) is 36.7 Å². The number of nitrogens with two attached hydrogens (primary N) is 1. The molecule has 3 N–H and O–H groups in total. The maximum Gasteiger partial charge on any atom is 0.270 e. The topological polar surface area (TPSA) is 121 Å². The Morgan fingerprint density at radius 3 is 2.39 bits per heavy atom. The third-order valence-corrected chi connectivity index (χ3v) is 6.14. The van der Waals surface area contributed by atoms with Gasteiger partial charge in [0.25, 0.3) is 11.8 Å². The Kier molecular flexibility index (Phi) is 7.71. The second-order valence-electron chi connectivity index (χ2n) is 8.75. The number of rotatable bonds is 9. The second-order valence-corrected chi connectivity index (χ2v) is 8.75. The number of aromatic nitrogens is 3. The summed E-state index contributed by atoms with van der Waals surface area (Å²) in [6.07, 6.45) is 3.52. The first-order chi connectivity index (χ1) is 18.2. The van der Waals surface area contributed by atoms with E-state index < -0.39 is 23.7 Å². The van der Waals surface area contributed by atoms with Gasteiger partial charge in [0.15, 0.2) is 0 Å². The fraction of sp³-hybridized carbons (Fsp3) is 0.214. The van der Waals surface area contributed by atoms with Crippen molar-refractivity contribution in [2.75, 3.05) is 14.2 Å². The minimum Gasteiger partial charge on any atom is -0.497 e. The SMILES string of the molecule is COc1cc(OC)cc(C(C)NC(=O)c2cc(Cn3ccnc3C)cc(-c3ccc(F)c(C(N)=O)c3)n2)c1. The molecule has 0 radical (unpaired) electrons. The zero-order valence-electron chi connectivity index (χ0n) is 21.5. The molecule has 2 aromatic heterocycles. The number of nitrogens with one attached hydrogen (secondary N) is 1. The summed E-state index contributed by atoms with van der Waals surface area (Å²) in [5.74, 6) is -0.0445. The van der Waals surface area contributed by atoms with Gasteiger partial charge in [-0.1, -0.05) is 0 Å². The minimum atomic E-state index is -0.893. The molecule has 2 heterocycles. The predicted molar refractivity (Wildman–Crippen MR) is 140 cm³/mol. The summed E-state index contributed by atoms with van der Waals surface area (Å²) < 4.78 is 26.7. The Morgan fingerprint density at radius 1 is 1.08 bits per heavy atom. The largest absolute Gasteiger partial charge is 0.497 e. The average Bonchev–Trinajstić information content (AvgIpc) is 3.31. The molecular weight excluding hydrogens is 489 g/mol. The van der Waals surface area contributed by atoms with Crippen molar-refractivity contribution in [2.24, 2.45) is 5.73 Å². The normalized spacial score (nSPS) is 11.6. The molecule has 9 nitrogen and oxygen atoms in total. The van der Waals surface area contributed by atoms with Crippen LogP contribution in [0.1, 0.15) is 50.8 Å². The number of benzene rings is 2. The van der Waals surface area contributed by atoms with Crippen molar-refractivity contribution in [3.63, 3.8) is 0 Å². The van der Waals surface area contributed by atoms with E-state index in [4.69, 9.17) is 15.2 Å². The number of aryl methyl sites for hydroxylation is 1. The Balaban J connectivity index is 1.71. The maximum atomic E-state index is 14.1. The van der Waals surface area contributed by atoms with Gasteiger partial charge in [-0.25, -0.2) is 14.4 Å². The van der Waals surface area contributed by atoms with Crippen LogP contribution >= 0.6 is 0 Å². The van der Waals surface area contributed by atoms with Gasteiger partial charge in [-0.3, -0.25) is 9.59 Å². The Hall–Kier alpha value is -4.73. The first-order valence-electron chi connectivity index (χ1n) is 11.8. The van der Waals surface area contributed by atoms with Gasteiger partial charge in [-0.05, 0) is 67.4 Å². The highest BCUT2D eigenvalue weighted by Gasteiger charge is 2.18. The summed E-state index contributed by atoms with van der Waals surface area (Å²) in [5.41, 5.74) is 7.62. The molecule has 10 heteroatoms. The van der Waals surface area contributed by atoms with Crippen LogP contribution in [0.5, 0.6) is 11.5 Å². The van der Waals surface area contributed by atoms with Crippen molar-refractivity contribution in [1.82, 2.24) is 19.9 Å². The van der Waals surface area contributed by atoms with Crippen LogP contribution in [0.25, 0.3) is 11.3 Å². The first-order valence-corrected chi connectivity index (χ1v) is 11.8. The number of hydrogen-bond acceptors (Lipinski definition) is 6. The number of primary amides is 1. The number of pyridine rings is 1. The smallest absolute Gasteiger partial charge is 0.270 e. The van der Waals surface area contributed by atoms with Gasteiger partial charge in [-0.15, -0.1) is 0 Å². The van der Waals surface area contributed by atoms with Crippen LogP contribution in [-0.4, -0.2) is 40.6 Å². The fourth-order valence-corrected chi connectivity index (χ4v) is 4.02. The highest BCUT2D eigenvalue weighted by Crippen LogP contribution is 2.27. The summed E-state index contributed by atoms with van der Waals surface area (Å²) in [6.45, 7) is 4.14. The van der Waals surface area contributed by atoms with Crippen molar-refractivity contribution in [1.29, 1.82) is 0 Å². The number of ether oxygens (including phenoxy) is 2. The van der Waals surface area contributed by atoms with Crippen molar-refractivity contribution >= 4 is 11.8 Å². The predicted octanol–water partition coefficient (Wildman–Crippen LogP) is 4.05. The molecule has 1 unspecified atom stereocenters. The van der Waals surface area contributed by atoms with Gasteiger partial charge >= 0.3 is 0 Å². The molecule has 0 bridgehead atoms. The molecule has 0 aliphatic heterocycles. The lowest BCUT2D eigenvalue weighted by molar-refractivity contribution is 0.0933. The number of nitrogens with zero attached hydrogens (tertiary/aromatic N) is 3. The molecule has 1 atom stereocenters. The average molecular weight is 518 g/mol. The maximum absolute atomic E-state index is 14.1. The number of carbonyl (C=O) groups excluding carboxylic acids is 2. The third kappa shape index (κ3) is 5.80. The zero-order valence-corrected chi connectivity index (χ0v) is 21.5. The highest BCUT2D eigenvalue weighted by atomic mass is 19.1. The minimum absolute atomic E-state index is 0.155. The van der Waals surface area contributed by atoms with Crippen LogP contribution in [0.2, 0.25) is 0 Å². The van der Waals surface area contributed by atoms with E-state index in [-0.39, 0.29) is 11.3 Å². The summed E-state index contributed by atoms with van der Waals surface area (Å²) in [4.78, 5) is 33.9. The highest BCUT2D eigenvalue weighted by molar-refractivity contribution is 5.95. The van der Waals surface area contributed by atoms with Crippen molar-refractivity contribution in [3.05, 3.63) is 95.0 Å². The summed E-state index contributed by atoms with van der Waals surface area (Å²) in [7, 11) is 3.11. The molecule has 2 amide bonds. The van der Waals surface area contributed by atoms with Crippen LogP contribution in [0.4, 0.5) is 4.39 Å². The van der Waals surface area contributed by atoms with Crippen LogP contribution in [0.15, 0.2) is 60.9 Å². The molecule has 4 aromatic rings. The number of carbonyl (C=O) groups is 2. The summed E-state index contributed by atoms with van der Waals surface area (Å²) in [6, 6.07) is 12.4. The van der Waals surface area contributed by atoms with Crippen LogP contribution < -0.4 is 20.5 Å². The van der Waals surface area contributed by atoms with Gasteiger partial charge in [0.2, 0.25) is 0 Å². The molecule has 0 saturated heterocycles. The number of hydrogen-bond donors (Lipinski definition) is 2. The van der Waals surface area contributed by atoms with E-state index in [1.54, 1.807) is 38.6 Å². The summed E-state index contributed by atoms with van der Waals surface area (Å²) in [5, 5.41) is 2.96. The Morgan fingerprint density at radius 2 is 1.79 bits per heavy atom. The van der Waals surface area contributed by atoms with Gasteiger partial charge in [0, 0.05) is 30.6 Å². The lowest BCUT2D eigenvalue weighted by atomic mass is 10.0. The monoisotopic (exact) mass is 517 g/mol. The van der Waals surface area contributed by atoms with Gasteiger partial charge < -0.3 is 25.1 Å². The van der Waals surface area contributed by atoms with Crippen LogP contribution in [0.3, 0.4) is 0 Å². The van der Waals surface area contributed by atoms with E-state index in [0.29, 0.717) is 29.3 Å². The number of amides is 2. The van der Waals surface area contributed by atoms with E-state index in [2.05, 4.69) is 15.3 Å². The lowest BCUT2D eigenvalue weighted by Crippen LogP contribution is -2.28. The molecule has 0 fully saturated rings. The third-order valence-electron chi connectivity index (χ3n) is 6.14.